The number of benzene rings is 2. The number of hydrogen-bond acceptors (Lipinski definition) is 4. The van der Waals surface area contributed by atoms with Crippen molar-refractivity contribution in [3.8, 4) is 0 Å². The van der Waals surface area contributed by atoms with Crippen LogP contribution in [0.5, 0.6) is 0 Å². The number of hydrogen-bond donors (Lipinski definition) is 2. The summed E-state index contributed by atoms with van der Waals surface area (Å²) in [7, 11) is 1.20. The summed E-state index contributed by atoms with van der Waals surface area (Å²) < 4.78 is 18.8. The molecule has 0 saturated heterocycles. The third-order valence-corrected chi connectivity index (χ3v) is 6.09. The van der Waals surface area contributed by atoms with Crippen LogP contribution in [0.1, 0.15) is 73.7 Å². The number of aliphatic hydroxyl groups excluding tert-OH is 1. The second-order valence-electron chi connectivity index (χ2n) is 9.15. The molecule has 0 fully saturated rings. The highest BCUT2D eigenvalue weighted by molar-refractivity contribution is 5.96. The van der Waals surface area contributed by atoms with Crippen molar-refractivity contribution in [2.24, 2.45) is 0 Å². The van der Waals surface area contributed by atoms with Crippen LogP contribution in [0, 0.1) is 5.82 Å². The summed E-state index contributed by atoms with van der Waals surface area (Å²) in [5.41, 5.74) is 2.69. The fourth-order valence-electron chi connectivity index (χ4n) is 3.99. The number of fused-ring (bicyclic) bond motifs is 1. The highest BCUT2D eigenvalue weighted by Gasteiger charge is 2.37. The average molecular weight is 413 g/mol. The maximum Gasteiger partial charge on any atom is 0.337 e. The summed E-state index contributed by atoms with van der Waals surface area (Å²) in [5, 5.41) is 13.0. The number of ether oxygens (including phenoxy) is 1. The minimum atomic E-state index is -1.45. The van der Waals surface area contributed by atoms with Crippen molar-refractivity contribution in [1.29, 1.82) is 0 Å². The van der Waals surface area contributed by atoms with Gasteiger partial charge in [-0.1, -0.05) is 45.9 Å². The molecule has 0 heterocycles. The molecule has 2 aromatic carbocycles. The maximum atomic E-state index is 14.3. The number of esters is 1. The number of anilines is 1. The molecule has 1 atom stereocenters. The standard InChI is InChI=1S/C24H28FNO4/c1-23(2)10-11-24(3,4)17-12-14(6-8-16(17)23)20(27)21(28)26-19-9-7-15(13-18(19)25)22(29)30-5/h6-9,12-13,20,27H,10-11H2,1-5H3,(H,26,28). The quantitative estimate of drug-likeness (QED) is 0.717. The molecule has 30 heavy (non-hydrogen) atoms. The Morgan fingerprint density at radius 1 is 1.03 bits per heavy atom. The van der Waals surface area contributed by atoms with Gasteiger partial charge in [-0.3, -0.25) is 4.79 Å². The van der Waals surface area contributed by atoms with Gasteiger partial charge in [-0.05, 0) is 58.6 Å². The lowest BCUT2D eigenvalue weighted by atomic mass is 9.63. The minimum Gasteiger partial charge on any atom is -0.465 e. The van der Waals surface area contributed by atoms with Crippen LogP contribution in [0.15, 0.2) is 36.4 Å². The molecule has 0 aliphatic heterocycles. The third-order valence-electron chi connectivity index (χ3n) is 6.09. The van der Waals surface area contributed by atoms with Gasteiger partial charge in [0.15, 0.2) is 6.10 Å². The molecule has 2 N–H and O–H groups in total. The number of methoxy groups -OCH3 is 1. The van der Waals surface area contributed by atoms with Crippen molar-refractivity contribution >= 4 is 17.6 Å². The van der Waals surface area contributed by atoms with Crippen molar-refractivity contribution in [2.45, 2.75) is 57.5 Å². The van der Waals surface area contributed by atoms with Crippen LogP contribution >= 0.6 is 0 Å². The van der Waals surface area contributed by atoms with E-state index in [0.29, 0.717) is 5.56 Å². The topological polar surface area (TPSA) is 75.6 Å². The Balaban J connectivity index is 1.84. The first-order valence-corrected chi connectivity index (χ1v) is 9.98. The molecule has 0 saturated carbocycles. The molecule has 1 unspecified atom stereocenters. The first-order chi connectivity index (χ1) is 14.0. The SMILES string of the molecule is COC(=O)c1ccc(NC(=O)C(O)c2ccc3c(c2)C(C)(C)CCC3(C)C)c(F)c1. The zero-order chi connectivity index (χ0) is 22.3. The molecule has 3 rings (SSSR count). The van der Waals surface area contributed by atoms with E-state index in [0.717, 1.165) is 24.5 Å². The van der Waals surface area contributed by atoms with E-state index in [1.54, 1.807) is 6.07 Å². The Labute approximate surface area is 176 Å². The summed E-state index contributed by atoms with van der Waals surface area (Å²) in [4.78, 5) is 24.1. The van der Waals surface area contributed by atoms with E-state index in [1.165, 1.54) is 24.8 Å². The zero-order valence-electron chi connectivity index (χ0n) is 18.0. The monoisotopic (exact) mass is 413 g/mol. The van der Waals surface area contributed by atoms with Crippen LogP contribution in [-0.2, 0) is 20.4 Å². The Bertz CT molecular complexity index is 997. The largest absolute Gasteiger partial charge is 0.465 e. The number of carbonyl (C=O) groups is 2. The van der Waals surface area contributed by atoms with E-state index in [-0.39, 0.29) is 22.1 Å². The van der Waals surface area contributed by atoms with Crippen LogP contribution in [-0.4, -0.2) is 24.1 Å². The van der Waals surface area contributed by atoms with E-state index in [1.807, 2.05) is 12.1 Å². The lowest BCUT2D eigenvalue weighted by molar-refractivity contribution is -0.124. The minimum absolute atomic E-state index is 0.0289. The van der Waals surface area contributed by atoms with E-state index in [4.69, 9.17) is 0 Å². The first kappa shape index (κ1) is 22.0. The van der Waals surface area contributed by atoms with Crippen LogP contribution in [0.25, 0.3) is 0 Å². The molecule has 0 bridgehead atoms. The molecular formula is C24H28FNO4. The summed E-state index contributed by atoms with van der Waals surface area (Å²) >= 11 is 0. The Hall–Kier alpha value is -2.73. The molecular weight excluding hydrogens is 385 g/mol. The van der Waals surface area contributed by atoms with Gasteiger partial charge < -0.3 is 15.2 Å². The number of halogens is 1. The van der Waals surface area contributed by atoms with Gasteiger partial charge in [0.1, 0.15) is 5.82 Å². The number of nitrogens with one attached hydrogen (secondary N) is 1. The van der Waals surface area contributed by atoms with E-state index < -0.39 is 23.8 Å². The van der Waals surface area contributed by atoms with Gasteiger partial charge in [0.05, 0.1) is 18.4 Å². The second kappa shape index (κ2) is 7.84. The molecule has 0 spiro atoms. The van der Waals surface area contributed by atoms with Crippen molar-refractivity contribution in [3.05, 3.63) is 64.5 Å². The van der Waals surface area contributed by atoms with E-state index in [9.17, 15) is 19.1 Å². The number of carbonyl (C=O) groups excluding carboxylic acids is 2. The predicted molar refractivity (Wildman–Crippen MR) is 113 cm³/mol. The molecule has 1 aliphatic rings. The Kier molecular flexibility index (Phi) is 5.74. The van der Waals surface area contributed by atoms with E-state index >= 15 is 0 Å². The number of rotatable bonds is 4. The van der Waals surface area contributed by atoms with Crippen LogP contribution in [0.4, 0.5) is 10.1 Å². The summed E-state index contributed by atoms with van der Waals surface area (Å²) in [6.45, 7) is 8.72. The molecule has 6 heteroatoms. The Morgan fingerprint density at radius 3 is 2.27 bits per heavy atom. The molecule has 5 nitrogen and oxygen atoms in total. The van der Waals surface area contributed by atoms with Gasteiger partial charge in [-0.2, -0.15) is 0 Å². The van der Waals surface area contributed by atoms with Crippen molar-refractivity contribution in [3.63, 3.8) is 0 Å². The third kappa shape index (κ3) is 4.10. The normalized spacial score (nSPS) is 17.6. The lowest BCUT2D eigenvalue weighted by Crippen LogP contribution is -2.34. The number of amides is 1. The predicted octanol–water partition coefficient (Wildman–Crippen LogP) is 4.63. The van der Waals surface area contributed by atoms with Gasteiger partial charge in [-0.25, -0.2) is 9.18 Å². The van der Waals surface area contributed by atoms with Crippen LogP contribution in [0.3, 0.4) is 0 Å². The molecule has 0 radical (unpaired) electrons. The van der Waals surface area contributed by atoms with Gasteiger partial charge in [0.25, 0.3) is 5.91 Å². The summed E-state index contributed by atoms with van der Waals surface area (Å²) in [5.74, 6) is -2.20. The lowest BCUT2D eigenvalue weighted by Gasteiger charge is -2.42. The first-order valence-electron chi connectivity index (χ1n) is 9.98. The summed E-state index contributed by atoms with van der Waals surface area (Å²) in [6, 6.07) is 9.22. The summed E-state index contributed by atoms with van der Waals surface area (Å²) in [6.07, 6.45) is 0.628. The maximum absolute atomic E-state index is 14.3. The Morgan fingerprint density at radius 2 is 1.67 bits per heavy atom. The zero-order valence-corrected chi connectivity index (χ0v) is 18.0. The molecule has 160 valence electrons. The second-order valence-corrected chi connectivity index (χ2v) is 9.15. The molecule has 0 aromatic heterocycles. The van der Waals surface area contributed by atoms with Crippen LogP contribution in [0.2, 0.25) is 0 Å². The van der Waals surface area contributed by atoms with Gasteiger partial charge in [0, 0.05) is 0 Å². The average Bonchev–Trinajstić information content (AvgIpc) is 2.71. The van der Waals surface area contributed by atoms with Gasteiger partial charge >= 0.3 is 5.97 Å². The molecule has 1 aliphatic carbocycles. The fraction of sp³-hybridized carbons (Fsp3) is 0.417. The fourth-order valence-corrected chi connectivity index (χ4v) is 3.99. The van der Waals surface area contributed by atoms with Crippen molar-refractivity contribution in [2.75, 3.05) is 12.4 Å². The highest BCUT2D eigenvalue weighted by Crippen LogP contribution is 2.46. The number of aliphatic hydroxyl groups is 1. The van der Waals surface area contributed by atoms with Gasteiger partial charge in [0.2, 0.25) is 0 Å². The van der Waals surface area contributed by atoms with Crippen molar-refractivity contribution in [1.82, 2.24) is 0 Å². The van der Waals surface area contributed by atoms with Crippen LogP contribution < -0.4 is 5.32 Å². The smallest absolute Gasteiger partial charge is 0.337 e. The molecule has 1 amide bonds. The van der Waals surface area contributed by atoms with Crippen molar-refractivity contribution < 1.29 is 23.8 Å². The van der Waals surface area contributed by atoms with E-state index in [2.05, 4.69) is 37.7 Å². The molecule has 2 aromatic rings. The van der Waals surface area contributed by atoms with Gasteiger partial charge in [-0.15, -0.1) is 0 Å². The highest BCUT2D eigenvalue weighted by atomic mass is 19.1.